The minimum Gasteiger partial charge on any atom is -0.371 e. The van der Waals surface area contributed by atoms with Gasteiger partial charge in [0.2, 0.25) is 5.89 Å². The SMILES string of the molecule is CCOC(C)c1noc(CNC(=NC)NC2CCN(CC(F)F)CC2)n1. The molecule has 0 saturated carbocycles. The Bertz CT molecular complexity index is 561. The van der Waals surface area contributed by atoms with Gasteiger partial charge in [-0.1, -0.05) is 5.16 Å². The molecule has 2 heterocycles. The molecule has 26 heavy (non-hydrogen) atoms. The summed E-state index contributed by atoms with van der Waals surface area (Å²) in [6.45, 7) is 5.85. The zero-order valence-electron chi connectivity index (χ0n) is 15.5. The first-order valence-corrected chi connectivity index (χ1v) is 8.93. The highest BCUT2D eigenvalue weighted by molar-refractivity contribution is 5.79. The Hall–Kier alpha value is -1.81. The predicted molar refractivity (Wildman–Crippen MR) is 93.1 cm³/mol. The Kier molecular flexibility index (Phi) is 8.17. The molecule has 1 aromatic heterocycles. The van der Waals surface area contributed by atoms with Crippen LogP contribution in [0.25, 0.3) is 0 Å². The minimum atomic E-state index is -2.28. The van der Waals surface area contributed by atoms with Crippen LogP contribution < -0.4 is 10.6 Å². The Morgan fingerprint density at radius 3 is 2.77 bits per heavy atom. The maximum absolute atomic E-state index is 12.4. The van der Waals surface area contributed by atoms with Crippen molar-refractivity contribution in [2.24, 2.45) is 4.99 Å². The molecule has 1 fully saturated rings. The number of ether oxygens (including phenoxy) is 1. The third-order valence-corrected chi connectivity index (χ3v) is 4.22. The van der Waals surface area contributed by atoms with Crippen molar-refractivity contribution in [1.82, 2.24) is 25.7 Å². The van der Waals surface area contributed by atoms with Crippen molar-refractivity contribution in [1.29, 1.82) is 0 Å². The van der Waals surface area contributed by atoms with Gasteiger partial charge in [0.25, 0.3) is 6.43 Å². The van der Waals surface area contributed by atoms with Gasteiger partial charge in [0, 0.05) is 32.8 Å². The van der Waals surface area contributed by atoms with E-state index in [1.54, 1.807) is 11.9 Å². The summed E-state index contributed by atoms with van der Waals surface area (Å²) in [5.41, 5.74) is 0. The van der Waals surface area contributed by atoms with Gasteiger partial charge in [0.1, 0.15) is 6.10 Å². The number of piperidine rings is 1. The number of rotatable bonds is 8. The standard InChI is InChI=1S/C16H28F2N6O2/c1-4-25-11(2)15-22-14(26-23-15)9-20-16(19-3)21-12-5-7-24(8-6-12)10-13(17)18/h11-13H,4-10H2,1-3H3,(H2,19,20,21). The summed E-state index contributed by atoms with van der Waals surface area (Å²) in [6.07, 6.45) is -0.902. The molecule has 0 bridgehead atoms. The molecule has 1 unspecified atom stereocenters. The molecule has 0 amide bonds. The minimum absolute atomic E-state index is 0.153. The van der Waals surface area contributed by atoms with Crippen LogP contribution in [0.4, 0.5) is 8.78 Å². The molecular formula is C16H28F2N6O2. The first-order chi connectivity index (χ1) is 12.5. The summed E-state index contributed by atoms with van der Waals surface area (Å²) >= 11 is 0. The zero-order valence-corrected chi connectivity index (χ0v) is 15.5. The van der Waals surface area contributed by atoms with Gasteiger partial charge >= 0.3 is 0 Å². The summed E-state index contributed by atoms with van der Waals surface area (Å²) in [5.74, 6) is 1.58. The first-order valence-electron chi connectivity index (χ1n) is 8.93. The molecule has 0 radical (unpaired) electrons. The van der Waals surface area contributed by atoms with E-state index in [2.05, 4.69) is 25.8 Å². The normalized spacial score (nSPS) is 18.3. The largest absolute Gasteiger partial charge is 0.371 e. The average molecular weight is 374 g/mol. The molecule has 10 heteroatoms. The predicted octanol–water partition coefficient (Wildman–Crippen LogP) is 1.56. The van der Waals surface area contributed by atoms with Crippen molar-refractivity contribution >= 4 is 5.96 Å². The second-order valence-electron chi connectivity index (χ2n) is 6.18. The second-order valence-corrected chi connectivity index (χ2v) is 6.18. The number of hydrogen-bond donors (Lipinski definition) is 2. The summed E-state index contributed by atoms with van der Waals surface area (Å²) in [6, 6.07) is 0.200. The Balaban J connectivity index is 1.75. The van der Waals surface area contributed by atoms with E-state index >= 15 is 0 Å². The number of nitrogens with zero attached hydrogens (tertiary/aromatic N) is 4. The van der Waals surface area contributed by atoms with Gasteiger partial charge in [-0.05, 0) is 26.7 Å². The van der Waals surface area contributed by atoms with E-state index < -0.39 is 6.43 Å². The van der Waals surface area contributed by atoms with Crippen molar-refractivity contribution in [3.63, 3.8) is 0 Å². The molecule has 0 spiro atoms. The lowest BCUT2D eigenvalue weighted by atomic mass is 10.1. The Labute approximate surface area is 152 Å². The van der Waals surface area contributed by atoms with E-state index in [1.165, 1.54) is 0 Å². The van der Waals surface area contributed by atoms with Crippen LogP contribution in [-0.2, 0) is 11.3 Å². The van der Waals surface area contributed by atoms with Gasteiger partial charge < -0.3 is 19.9 Å². The van der Waals surface area contributed by atoms with Crippen LogP contribution in [-0.4, -0.2) is 66.8 Å². The molecule has 1 aliphatic rings. The molecule has 1 saturated heterocycles. The number of aromatic nitrogens is 2. The topological polar surface area (TPSA) is 87.8 Å². The lowest BCUT2D eigenvalue weighted by molar-refractivity contribution is 0.0683. The molecule has 2 N–H and O–H groups in total. The molecule has 1 aromatic rings. The number of nitrogens with one attached hydrogen (secondary N) is 2. The molecule has 1 aliphatic heterocycles. The maximum atomic E-state index is 12.4. The molecule has 0 aliphatic carbocycles. The summed E-state index contributed by atoms with van der Waals surface area (Å²) < 4.78 is 35.5. The number of halogens is 2. The van der Waals surface area contributed by atoms with Crippen molar-refractivity contribution in [3.05, 3.63) is 11.7 Å². The van der Waals surface area contributed by atoms with Crippen LogP contribution >= 0.6 is 0 Å². The molecule has 1 atom stereocenters. The third-order valence-electron chi connectivity index (χ3n) is 4.22. The van der Waals surface area contributed by atoms with Crippen LogP contribution in [0.1, 0.15) is 44.5 Å². The number of aliphatic imine (C=N–C) groups is 1. The van der Waals surface area contributed by atoms with Gasteiger partial charge in [0.05, 0.1) is 13.1 Å². The lowest BCUT2D eigenvalue weighted by Crippen LogP contribution is -2.49. The van der Waals surface area contributed by atoms with Gasteiger partial charge in [-0.25, -0.2) is 8.78 Å². The van der Waals surface area contributed by atoms with Crippen molar-refractivity contribution in [2.45, 2.75) is 51.8 Å². The van der Waals surface area contributed by atoms with E-state index in [-0.39, 0.29) is 18.7 Å². The number of hydrogen-bond acceptors (Lipinski definition) is 6. The maximum Gasteiger partial charge on any atom is 0.251 e. The van der Waals surface area contributed by atoms with E-state index in [0.717, 1.165) is 12.8 Å². The quantitative estimate of drug-likeness (QED) is 0.527. The van der Waals surface area contributed by atoms with E-state index in [1.807, 2.05) is 13.8 Å². The summed E-state index contributed by atoms with van der Waals surface area (Å²) in [4.78, 5) is 10.3. The number of guanidine groups is 1. The van der Waals surface area contributed by atoms with Crippen LogP contribution in [0.2, 0.25) is 0 Å². The van der Waals surface area contributed by atoms with E-state index in [4.69, 9.17) is 9.26 Å². The molecule has 8 nitrogen and oxygen atoms in total. The zero-order chi connectivity index (χ0) is 18.9. The first kappa shape index (κ1) is 20.5. The van der Waals surface area contributed by atoms with Crippen molar-refractivity contribution < 1.29 is 18.0 Å². The summed E-state index contributed by atoms with van der Waals surface area (Å²) in [7, 11) is 1.68. The smallest absolute Gasteiger partial charge is 0.251 e. The fraction of sp³-hybridized carbons (Fsp3) is 0.812. The molecular weight excluding hydrogens is 346 g/mol. The molecule has 0 aromatic carbocycles. The van der Waals surface area contributed by atoms with E-state index in [9.17, 15) is 8.78 Å². The fourth-order valence-electron chi connectivity index (χ4n) is 2.83. The highest BCUT2D eigenvalue weighted by Gasteiger charge is 2.22. The highest BCUT2D eigenvalue weighted by Crippen LogP contribution is 2.13. The van der Waals surface area contributed by atoms with Gasteiger partial charge in [-0.15, -0.1) is 0 Å². The fourth-order valence-corrected chi connectivity index (χ4v) is 2.83. The molecule has 2 rings (SSSR count). The third kappa shape index (κ3) is 6.49. The van der Waals surface area contributed by atoms with Crippen LogP contribution in [0.5, 0.6) is 0 Å². The van der Waals surface area contributed by atoms with E-state index in [0.29, 0.717) is 43.9 Å². The second kappa shape index (κ2) is 10.4. The highest BCUT2D eigenvalue weighted by atomic mass is 19.3. The van der Waals surface area contributed by atoms with Gasteiger partial charge in [-0.3, -0.25) is 9.89 Å². The van der Waals surface area contributed by atoms with Crippen molar-refractivity contribution in [3.8, 4) is 0 Å². The monoisotopic (exact) mass is 374 g/mol. The Morgan fingerprint density at radius 1 is 1.42 bits per heavy atom. The van der Waals surface area contributed by atoms with Crippen LogP contribution in [0, 0.1) is 0 Å². The van der Waals surface area contributed by atoms with Crippen LogP contribution in [0.15, 0.2) is 9.52 Å². The van der Waals surface area contributed by atoms with Crippen LogP contribution in [0.3, 0.4) is 0 Å². The number of likely N-dealkylation sites (tertiary alicyclic amines) is 1. The number of alkyl halides is 2. The summed E-state index contributed by atoms with van der Waals surface area (Å²) in [5, 5.41) is 10.3. The lowest BCUT2D eigenvalue weighted by Gasteiger charge is -2.32. The van der Waals surface area contributed by atoms with Gasteiger partial charge in [0.15, 0.2) is 11.8 Å². The molecule has 148 valence electrons. The van der Waals surface area contributed by atoms with Crippen molar-refractivity contribution in [2.75, 3.05) is 33.3 Å². The Morgan fingerprint density at radius 2 is 2.15 bits per heavy atom. The van der Waals surface area contributed by atoms with Gasteiger partial charge in [-0.2, -0.15) is 4.98 Å². The average Bonchev–Trinajstić information content (AvgIpc) is 3.09.